The molecule has 1 fully saturated rings. The zero-order chi connectivity index (χ0) is 16.2. The van der Waals surface area contributed by atoms with E-state index in [1.54, 1.807) is 4.52 Å². The molecule has 3 N–H and O–H groups in total. The number of anilines is 1. The Bertz CT molecular complexity index is 684. The third-order valence-corrected chi connectivity index (χ3v) is 4.55. The van der Waals surface area contributed by atoms with Crippen LogP contribution in [0.4, 0.5) is 5.69 Å². The Morgan fingerprint density at radius 1 is 1.43 bits per heavy atom. The first-order chi connectivity index (χ1) is 11.1. The van der Waals surface area contributed by atoms with E-state index < -0.39 is 11.3 Å². The van der Waals surface area contributed by atoms with Crippen molar-refractivity contribution < 1.29 is 8.76 Å². The maximum atomic E-state index is 10.5. The lowest BCUT2D eigenvalue weighted by Crippen LogP contribution is -2.38. The molecule has 1 atom stereocenters. The van der Waals surface area contributed by atoms with Crippen molar-refractivity contribution in [2.45, 2.75) is 26.2 Å². The molecule has 1 saturated heterocycles. The molecule has 1 unspecified atom stereocenters. The van der Waals surface area contributed by atoms with Crippen LogP contribution in [0.25, 0.3) is 5.78 Å². The van der Waals surface area contributed by atoms with Gasteiger partial charge in [0.2, 0.25) is 11.3 Å². The predicted octanol–water partition coefficient (Wildman–Crippen LogP) is 0.270. The minimum absolute atomic E-state index is 0.621. The predicted molar refractivity (Wildman–Crippen MR) is 87.0 cm³/mol. The van der Waals surface area contributed by atoms with E-state index >= 15 is 0 Å². The van der Waals surface area contributed by atoms with E-state index in [1.807, 2.05) is 13.1 Å². The number of aromatic nitrogens is 4. The third kappa shape index (κ3) is 4.02. The number of hydrogen-bond donors (Lipinski definition) is 3. The molecule has 0 amide bonds. The molecule has 23 heavy (non-hydrogen) atoms. The number of nitrogens with zero attached hydrogens (tertiary/aromatic N) is 5. The van der Waals surface area contributed by atoms with Crippen molar-refractivity contribution in [1.82, 2.24) is 29.8 Å². The molecule has 9 nitrogen and oxygen atoms in total. The first kappa shape index (κ1) is 16.2. The van der Waals surface area contributed by atoms with E-state index in [-0.39, 0.29) is 0 Å². The summed E-state index contributed by atoms with van der Waals surface area (Å²) >= 11 is -2.00. The molecular formula is C13H21N7O2S. The molecule has 0 spiro atoms. The summed E-state index contributed by atoms with van der Waals surface area (Å²) in [5, 5.41) is 4.15. The normalized spacial score (nSPS) is 17.7. The van der Waals surface area contributed by atoms with Crippen LogP contribution < -0.4 is 15.2 Å². The van der Waals surface area contributed by atoms with E-state index in [2.05, 4.69) is 30.2 Å². The fourth-order valence-corrected chi connectivity index (χ4v) is 3.22. The molecule has 1 aliphatic heterocycles. The van der Waals surface area contributed by atoms with Crippen molar-refractivity contribution in [3.8, 4) is 0 Å². The number of hydrazine groups is 1. The molecule has 0 saturated carbocycles. The van der Waals surface area contributed by atoms with Crippen molar-refractivity contribution in [3.05, 3.63) is 18.2 Å². The van der Waals surface area contributed by atoms with Crippen LogP contribution in [0.3, 0.4) is 0 Å². The second kappa shape index (κ2) is 7.30. The standard InChI is InChI=1S/C13H21N7O2S/c1-10-12(8-20-13(17-10)14-9-16-20)19-6-3-11(4-7-19)2-5-15-18-23(21)22/h8-9,11,15,18H,2-7H2,1H3,(H,21,22). The SMILES string of the molecule is Cc1nc2ncnn2cc1N1CCC(CCNNS(=O)O)CC1. The van der Waals surface area contributed by atoms with Gasteiger partial charge in [0.05, 0.1) is 17.6 Å². The van der Waals surface area contributed by atoms with Gasteiger partial charge in [-0.2, -0.15) is 14.9 Å². The van der Waals surface area contributed by atoms with Gasteiger partial charge in [-0.3, -0.25) is 4.55 Å². The summed E-state index contributed by atoms with van der Waals surface area (Å²) in [6.45, 7) is 4.64. The van der Waals surface area contributed by atoms with Gasteiger partial charge in [-0.1, -0.05) is 0 Å². The molecule has 0 radical (unpaired) electrons. The molecule has 126 valence electrons. The van der Waals surface area contributed by atoms with E-state index in [0.29, 0.717) is 18.2 Å². The van der Waals surface area contributed by atoms with Crippen molar-refractivity contribution in [2.75, 3.05) is 24.5 Å². The second-order valence-corrected chi connectivity index (χ2v) is 6.42. The highest BCUT2D eigenvalue weighted by atomic mass is 32.2. The summed E-state index contributed by atoms with van der Waals surface area (Å²) in [6.07, 6.45) is 6.68. The highest BCUT2D eigenvalue weighted by Crippen LogP contribution is 2.26. The van der Waals surface area contributed by atoms with E-state index in [0.717, 1.165) is 43.7 Å². The number of rotatable bonds is 6. The van der Waals surface area contributed by atoms with Crippen molar-refractivity contribution in [3.63, 3.8) is 0 Å². The number of fused-ring (bicyclic) bond motifs is 1. The Hall–Kier alpha value is -1.62. The van der Waals surface area contributed by atoms with Crippen LogP contribution in [0.2, 0.25) is 0 Å². The fraction of sp³-hybridized carbons (Fsp3) is 0.615. The Labute approximate surface area is 136 Å². The lowest BCUT2D eigenvalue weighted by atomic mass is 9.93. The van der Waals surface area contributed by atoms with Crippen molar-refractivity contribution in [2.24, 2.45) is 5.92 Å². The monoisotopic (exact) mass is 339 g/mol. The van der Waals surface area contributed by atoms with Crippen LogP contribution >= 0.6 is 0 Å². The van der Waals surface area contributed by atoms with Crippen LogP contribution in [0.1, 0.15) is 25.0 Å². The Morgan fingerprint density at radius 3 is 2.96 bits per heavy atom. The van der Waals surface area contributed by atoms with Crippen LogP contribution in [-0.2, 0) is 11.3 Å². The maximum absolute atomic E-state index is 10.5. The smallest absolute Gasteiger partial charge is 0.252 e. The summed E-state index contributed by atoms with van der Waals surface area (Å²) in [6, 6.07) is 0. The van der Waals surface area contributed by atoms with Gasteiger partial charge >= 0.3 is 0 Å². The molecule has 3 rings (SSSR count). The number of aryl methyl sites for hydroxylation is 1. The van der Waals surface area contributed by atoms with Crippen LogP contribution in [-0.4, -0.2) is 48.0 Å². The zero-order valence-corrected chi connectivity index (χ0v) is 13.8. The van der Waals surface area contributed by atoms with Crippen molar-refractivity contribution >= 4 is 22.7 Å². The molecule has 2 aromatic heterocycles. The molecule has 3 heterocycles. The van der Waals surface area contributed by atoms with Gasteiger partial charge in [0, 0.05) is 19.6 Å². The van der Waals surface area contributed by atoms with Gasteiger partial charge in [-0.05, 0) is 32.1 Å². The minimum atomic E-state index is -2.00. The maximum Gasteiger partial charge on any atom is 0.252 e. The molecular weight excluding hydrogens is 318 g/mol. The van der Waals surface area contributed by atoms with E-state index in [1.165, 1.54) is 6.33 Å². The first-order valence-corrected chi connectivity index (χ1v) is 8.75. The van der Waals surface area contributed by atoms with Crippen LogP contribution in [0.15, 0.2) is 12.5 Å². The second-order valence-electron chi connectivity index (χ2n) is 5.71. The van der Waals surface area contributed by atoms with Gasteiger partial charge in [-0.15, -0.1) is 0 Å². The van der Waals surface area contributed by atoms with E-state index in [9.17, 15) is 4.21 Å². The van der Waals surface area contributed by atoms with Gasteiger partial charge in [0.1, 0.15) is 6.33 Å². The molecule has 0 aromatic carbocycles. The summed E-state index contributed by atoms with van der Waals surface area (Å²) < 4.78 is 20.8. The number of nitrogens with one attached hydrogen (secondary N) is 2. The topological polar surface area (TPSA) is 108 Å². The van der Waals surface area contributed by atoms with Gasteiger partial charge < -0.3 is 4.90 Å². The van der Waals surface area contributed by atoms with Gasteiger partial charge in [0.15, 0.2) is 0 Å². The number of hydrogen-bond acceptors (Lipinski definition) is 6. The highest BCUT2D eigenvalue weighted by molar-refractivity contribution is 7.77. The largest absolute Gasteiger partial charge is 0.369 e. The highest BCUT2D eigenvalue weighted by Gasteiger charge is 2.21. The molecule has 2 aromatic rings. The first-order valence-electron chi connectivity index (χ1n) is 7.65. The van der Waals surface area contributed by atoms with Crippen LogP contribution in [0.5, 0.6) is 0 Å². The molecule has 1 aliphatic rings. The molecule has 0 aliphatic carbocycles. The van der Waals surface area contributed by atoms with Crippen LogP contribution in [0, 0.1) is 12.8 Å². The third-order valence-electron chi connectivity index (χ3n) is 4.23. The average molecular weight is 339 g/mol. The lowest BCUT2D eigenvalue weighted by Gasteiger charge is -2.34. The lowest BCUT2D eigenvalue weighted by molar-refractivity contribution is 0.370. The van der Waals surface area contributed by atoms with E-state index in [4.69, 9.17) is 4.55 Å². The number of piperidine rings is 1. The molecule has 0 bridgehead atoms. The summed E-state index contributed by atoms with van der Waals surface area (Å²) in [4.78, 5) is 13.2. The Morgan fingerprint density at radius 2 is 2.22 bits per heavy atom. The van der Waals surface area contributed by atoms with Gasteiger partial charge in [-0.25, -0.2) is 19.1 Å². The van der Waals surface area contributed by atoms with Crippen molar-refractivity contribution in [1.29, 1.82) is 0 Å². The fourth-order valence-electron chi connectivity index (χ4n) is 2.99. The Kier molecular flexibility index (Phi) is 5.16. The summed E-state index contributed by atoms with van der Waals surface area (Å²) in [5.74, 6) is 1.25. The molecule has 10 heteroatoms. The van der Waals surface area contributed by atoms with Gasteiger partial charge in [0.25, 0.3) is 5.78 Å². The summed E-state index contributed by atoms with van der Waals surface area (Å²) in [7, 11) is 0. The quantitative estimate of drug-likeness (QED) is 0.394. The summed E-state index contributed by atoms with van der Waals surface area (Å²) in [5.41, 5.74) is 4.84. The zero-order valence-electron chi connectivity index (χ0n) is 13.0. The Balaban J connectivity index is 1.53. The minimum Gasteiger partial charge on any atom is -0.369 e. The average Bonchev–Trinajstić information content (AvgIpc) is 2.98.